The zero-order chi connectivity index (χ0) is 31.6. The first-order valence-corrected chi connectivity index (χ1v) is 14.3. The molecule has 0 bridgehead atoms. The van der Waals surface area contributed by atoms with Crippen molar-refractivity contribution >= 4 is 40.3 Å². The molecule has 1 spiro atoms. The molecule has 4 amide bonds. The van der Waals surface area contributed by atoms with Gasteiger partial charge in [0.2, 0.25) is 0 Å². The Bertz CT molecular complexity index is 1710. The van der Waals surface area contributed by atoms with Gasteiger partial charge in [-0.3, -0.25) is 14.4 Å². The van der Waals surface area contributed by atoms with Crippen LogP contribution in [0.4, 0.5) is 34.1 Å². The highest BCUT2D eigenvalue weighted by Crippen LogP contribution is 2.48. The predicted octanol–water partition coefficient (Wildman–Crippen LogP) is 5.79. The summed E-state index contributed by atoms with van der Waals surface area (Å²) >= 11 is 0. The lowest BCUT2D eigenvalue weighted by atomic mass is 9.75. The number of benzene rings is 1. The molecule has 1 aromatic carbocycles. The third kappa shape index (κ3) is 4.89. The number of ether oxygens (including phenoxy) is 1. The minimum Gasteiger partial charge on any atom is -0.444 e. The number of carbonyl (C=O) groups excluding carboxylic acids is 3. The van der Waals surface area contributed by atoms with Crippen LogP contribution in [0.5, 0.6) is 0 Å². The van der Waals surface area contributed by atoms with Crippen molar-refractivity contribution in [2.45, 2.75) is 76.2 Å². The van der Waals surface area contributed by atoms with E-state index >= 15 is 0 Å². The standard InChI is InChI=1S/C30H30F3N7O4/c1-28(2,3)44-27(43)37-11-7-19(8-12-37)38-17-18-13-20(5-6-23(18)36-38)40-26(42)39(25(41)29(40)9-4-10-29)21-14-22(30(31,32)33)24(15-34)35-16-21/h5-6,13-14,16-17,19H,4,7-12H2,1-3H3. The number of halogens is 3. The van der Waals surface area contributed by atoms with Crippen molar-refractivity contribution in [2.24, 2.45) is 0 Å². The van der Waals surface area contributed by atoms with Crippen molar-refractivity contribution in [3.05, 3.63) is 47.9 Å². The summed E-state index contributed by atoms with van der Waals surface area (Å²) in [5.74, 6) is -0.624. The maximum Gasteiger partial charge on any atom is 0.419 e. The van der Waals surface area contributed by atoms with E-state index in [1.54, 1.807) is 23.1 Å². The molecule has 3 aliphatic rings. The lowest BCUT2D eigenvalue weighted by Crippen LogP contribution is -2.55. The van der Waals surface area contributed by atoms with E-state index in [0.29, 0.717) is 62.5 Å². The maximum absolute atomic E-state index is 13.8. The average Bonchev–Trinajstić information content (AvgIpc) is 3.46. The van der Waals surface area contributed by atoms with E-state index in [-0.39, 0.29) is 17.8 Å². The van der Waals surface area contributed by atoms with Crippen LogP contribution < -0.4 is 9.80 Å². The van der Waals surface area contributed by atoms with Crippen LogP contribution in [0.15, 0.2) is 36.7 Å². The smallest absolute Gasteiger partial charge is 0.419 e. The van der Waals surface area contributed by atoms with Crippen molar-refractivity contribution in [3.8, 4) is 6.07 Å². The number of nitriles is 1. The number of anilines is 2. The Morgan fingerprint density at radius 1 is 1.09 bits per heavy atom. The molecule has 2 aromatic heterocycles. The van der Waals surface area contributed by atoms with E-state index in [0.717, 1.165) is 16.5 Å². The first-order valence-electron chi connectivity index (χ1n) is 14.3. The molecular weight excluding hydrogens is 579 g/mol. The number of likely N-dealkylation sites (tertiary alicyclic amines) is 1. The normalized spacial score (nSPS) is 19.1. The monoisotopic (exact) mass is 609 g/mol. The summed E-state index contributed by atoms with van der Waals surface area (Å²) in [4.78, 5) is 47.3. The number of piperidine rings is 1. The quantitative estimate of drug-likeness (QED) is 0.344. The van der Waals surface area contributed by atoms with E-state index in [9.17, 15) is 27.6 Å². The molecular formula is C30H30F3N7O4. The molecule has 44 heavy (non-hydrogen) atoms. The molecule has 0 unspecified atom stereocenters. The molecule has 11 nitrogen and oxygen atoms in total. The lowest BCUT2D eigenvalue weighted by molar-refractivity contribution is -0.138. The van der Waals surface area contributed by atoms with E-state index in [1.807, 2.05) is 31.6 Å². The van der Waals surface area contributed by atoms with Crippen molar-refractivity contribution in [1.29, 1.82) is 5.26 Å². The van der Waals surface area contributed by atoms with Gasteiger partial charge in [-0.2, -0.15) is 23.5 Å². The molecule has 2 aliphatic heterocycles. The van der Waals surface area contributed by atoms with Gasteiger partial charge < -0.3 is 9.64 Å². The number of aromatic nitrogens is 3. The van der Waals surface area contributed by atoms with E-state index in [4.69, 9.17) is 15.1 Å². The number of hydrogen-bond acceptors (Lipinski definition) is 7. The molecule has 0 atom stereocenters. The van der Waals surface area contributed by atoms with Crippen LogP contribution in [-0.4, -0.2) is 61.9 Å². The van der Waals surface area contributed by atoms with Gasteiger partial charge in [0.1, 0.15) is 17.2 Å². The van der Waals surface area contributed by atoms with Crippen LogP contribution >= 0.6 is 0 Å². The Labute approximate surface area is 250 Å². The number of urea groups is 1. The van der Waals surface area contributed by atoms with E-state index < -0.39 is 40.5 Å². The zero-order valence-electron chi connectivity index (χ0n) is 24.4. The number of pyridine rings is 1. The molecule has 3 fully saturated rings. The van der Waals surface area contributed by atoms with Gasteiger partial charge in [0.15, 0.2) is 5.69 Å². The summed E-state index contributed by atoms with van der Waals surface area (Å²) in [5, 5.41) is 14.5. The molecule has 14 heteroatoms. The summed E-state index contributed by atoms with van der Waals surface area (Å²) in [7, 11) is 0. The molecule has 4 heterocycles. The van der Waals surface area contributed by atoms with E-state index in [1.165, 1.54) is 11.0 Å². The highest BCUT2D eigenvalue weighted by molar-refractivity contribution is 6.31. The maximum atomic E-state index is 13.8. The number of amides is 4. The Balaban J connectivity index is 1.26. The second-order valence-electron chi connectivity index (χ2n) is 12.4. The fourth-order valence-electron chi connectivity index (χ4n) is 6.09. The van der Waals surface area contributed by atoms with Crippen LogP contribution in [0, 0.1) is 11.3 Å². The zero-order valence-corrected chi connectivity index (χ0v) is 24.4. The summed E-state index contributed by atoms with van der Waals surface area (Å²) < 4.78 is 48.3. The fraction of sp³-hybridized carbons (Fsp3) is 0.467. The molecule has 1 aliphatic carbocycles. The summed E-state index contributed by atoms with van der Waals surface area (Å²) in [6.07, 6.45) is 0.305. The first-order chi connectivity index (χ1) is 20.7. The summed E-state index contributed by atoms with van der Waals surface area (Å²) in [6, 6.07) is 6.47. The highest BCUT2D eigenvalue weighted by Gasteiger charge is 2.61. The van der Waals surface area contributed by atoms with E-state index in [2.05, 4.69) is 4.98 Å². The fourth-order valence-corrected chi connectivity index (χ4v) is 6.09. The summed E-state index contributed by atoms with van der Waals surface area (Å²) in [5.41, 5.74) is -3.19. The Morgan fingerprint density at radius 3 is 2.39 bits per heavy atom. The first kappa shape index (κ1) is 29.4. The lowest BCUT2D eigenvalue weighted by Gasteiger charge is -2.42. The molecule has 0 radical (unpaired) electrons. The Hall–Kier alpha value is -4.67. The second kappa shape index (κ2) is 10.2. The largest absolute Gasteiger partial charge is 0.444 e. The third-order valence-corrected chi connectivity index (χ3v) is 8.39. The molecule has 230 valence electrons. The molecule has 2 saturated heterocycles. The molecule has 0 N–H and O–H groups in total. The number of rotatable bonds is 3. The van der Waals surface area contributed by atoms with Crippen molar-refractivity contribution in [1.82, 2.24) is 19.7 Å². The van der Waals surface area contributed by atoms with Gasteiger partial charge in [-0.05, 0) is 77.1 Å². The minimum absolute atomic E-state index is 0.0414. The van der Waals surface area contributed by atoms with Gasteiger partial charge in [0.25, 0.3) is 5.91 Å². The van der Waals surface area contributed by atoms with Crippen LogP contribution in [-0.2, 0) is 15.7 Å². The molecule has 6 rings (SSSR count). The molecule has 3 aromatic rings. The number of carbonyl (C=O) groups is 3. The predicted molar refractivity (Wildman–Crippen MR) is 152 cm³/mol. The number of nitrogens with zero attached hydrogens (tertiary/aromatic N) is 7. The Kier molecular flexibility index (Phi) is 6.82. The van der Waals surface area contributed by atoms with Gasteiger partial charge in [-0.1, -0.05) is 0 Å². The van der Waals surface area contributed by atoms with Crippen LogP contribution in [0.3, 0.4) is 0 Å². The van der Waals surface area contributed by atoms with Crippen LogP contribution in [0.2, 0.25) is 0 Å². The van der Waals surface area contributed by atoms with Crippen LogP contribution in [0.25, 0.3) is 10.9 Å². The van der Waals surface area contributed by atoms with Crippen LogP contribution in [0.1, 0.15) is 70.2 Å². The minimum atomic E-state index is -4.90. The molecule has 1 saturated carbocycles. The van der Waals surface area contributed by atoms with Crippen molar-refractivity contribution < 1.29 is 32.3 Å². The van der Waals surface area contributed by atoms with Gasteiger partial charge in [-0.15, -0.1) is 0 Å². The van der Waals surface area contributed by atoms with Gasteiger partial charge in [0, 0.05) is 30.4 Å². The second-order valence-corrected chi connectivity index (χ2v) is 12.4. The van der Waals surface area contributed by atoms with Gasteiger partial charge in [-0.25, -0.2) is 19.5 Å². The number of fused-ring (bicyclic) bond motifs is 1. The summed E-state index contributed by atoms with van der Waals surface area (Å²) in [6.45, 7) is 6.51. The SMILES string of the molecule is CC(C)(C)OC(=O)N1CCC(n2cc3cc(N4C(=O)N(c5cnc(C#N)c(C(F)(F)F)c5)C(=O)C45CCC5)ccc3n2)CC1. The topological polar surface area (TPSA) is 125 Å². The highest BCUT2D eigenvalue weighted by atomic mass is 19.4. The third-order valence-electron chi connectivity index (χ3n) is 8.39. The number of imide groups is 1. The number of alkyl halides is 3. The van der Waals surface area contributed by atoms with Gasteiger partial charge in [0.05, 0.1) is 29.0 Å². The number of hydrogen-bond donors (Lipinski definition) is 0. The van der Waals surface area contributed by atoms with Crippen molar-refractivity contribution in [3.63, 3.8) is 0 Å². The van der Waals surface area contributed by atoms with Crippen molar-refractivity contribution in [2.75, 3.05) is 22.9 Å². The average molecular weight is 610 g/mol. The van der Waals surface area contributed by atoms with Gasteiger partial charge >= 0.3 is 18.3 Å². The Morgan fingerprint density at radius 2 is 1.80 bits per heavy atom.